The van der Waals surface area contributed by atoms with Crippen LogP contribution in [0.1, 0.15) is 24.2 Å². The highest BCUT2D eigenvalue weighted by atomic mass is 19.1. The monoisotopic (exact) mass is 213 g/mol. The van der Waals surface area contributed by atoms with Crippen LogP contribution in [0.4, 0.5) is 8.78 Å². The SMILES string of the molecule is CC(C)C(N)C(=O)c1cc(F)ccc1F. The Kier molecular flexibility index (Phi) is 3.52. The first-order valence-corrected chi connectivity index (χ1v) is 4.68. The molecule has 0 aliphatic rings. The summed E-state index contributed by atoms with van der Waals surface area (Å²) in [6.45, 7) is 3.50. The number of hydrogen-bond donors (Lipinski definition) is 1. The van der Waals surface area contributed by atoms with Gasteiger partial charge in [0.15, 0.2) is 5.78 Å². The van der Waals surface area contributed by atoms with Gasteiger partial charge in [-0.05, 0) is 24.1 Å². The molecule has 15 heavy (non-hydrogen) atoms. The summed E-state index contributed by atoms with van der Waals surface area (Å²) in [5, 5.41) is 0. The third-order valence-corrected chi connectivity index (χ3v) is 2.21. The van der Waals surface area contributed by atoms with Crippen LogP contribution in [0.3, 0.4) is 0 Å². The van der Waals surface area contributed by atoms with Crippen LogP contribution < -0.4 is 5.73 Å². The molecule has 0 fully saturated rings. The highest BCUT2D eigenvalue weighted by Crippen LogP contribution is 2.14. The molecule has 1 rings (SSSR count). The van der Waals surface area contributed by atoms with Crippen LogP contribution in [0, 0.1) is 17.6 Å². The van der Waals surface area contributed by atoms with Crippen LogP contribution in [0.5, 0.6) is 0 Å². The Balaban J connectivity index is 3.05. The molecule has 0 spiro atoms. The summed E-state index contributed by atoms with van der Waals surface area (Å²) in [4.78, 5) is 11.6. The van der Waals surface area contributed by atoms with Gasteiger partial charge in [-0.25, -0.2) is 8.78 Å². The van der Waals surface area contributed by atoms with Crippen LogP contribution in [0.2, 0.25) is 0 Å². The average Bonchev–Trinajstić information content (AvgIpc) is 2.19. The van der Waals surface area contributed by atoms with Crippen LogP contribution in [0.15, 0.2) is 18.2 Å². The molecule has 0 aliphatic carbocycles. The second-order valence-electron chi connectivity index (χ2n) is 3.76. The fourth-order valence-corrected chi connectivity index (χ4v) is 1.17. The van der Waals surface area contributed by atoms with Gasteiger partial charge in [-0.3, -0.25) is 4.79 Å². The van der Waals surface area contributed by atoms with Crippen LogP contribution in [-0.4, -0.2) is 11.8 Å². The third kappa shape index (κ3) is 2.59. The van der Waals surface area contributed by atoms with E-state index < -0.39 is 23.5 Å². The van der Waals surface area contributed by atoms with Crippen molar-refractivity contribution >= 4 is 5.78 Å². The van der Waals surface area contributed by atoms with Crippen molar-refractivity contribution in [1.29, 1.82) is 0 Å². The molecular weight excluding hydrogens is 200 g/mol. The maximum absolute atomic E-state index is 13.2. The number of benzene rings is 1. The van der Waals surface area contributed by atoms with Crippen LogP contribution in [0.25, 0.3) is 0 Å². The lowest BCUT2D eigenvalue weighted by Crippen LogP contribution is -2.36. The Morgan fingerprint density at radius 3 is 2.47 bits per heavy atom. The molecule has 0 radical (unpaired) electrons. The predicted molar refractivity (Wildman–Crippen MR) is 53.5 cm³/mol. The number of carbonyl (C=O) groups excluding carboxylic acids is 1. The van der Waals surface area contributed by atoms with Crippen molar-refractivity contribution in [3.8, 4) is 0 Å². The topological polar surface area (TPSA) is 43.1 Å². The van der Waals surface area contributed by atoms with Crippen LogP contribution in [-0.2, 0) is 0 Å². The zero-order chi connectivity index (χ0) is 11.6. The van der Waals surface area contributed by atoms with E-state index in [2.05, 4.69) is 0 Å². The van der Waals surface area contributed by atoms with Crippen molar-refractivity contribution in [2.45, 2.75) is 19.9 Å². The molecule has 0 bridgehead atoms. The van der Waals surface area contributed by atoms with E-state index in [1.165, 1.54) is 0 Å². The number of Topliss-reactive ketones (excluding diaryl/α,β-unsaturated/α-hetero) is 1. The van der Waals surface area contributed by atoms with E-state index >= 15 is 0 Å². The third-order valence-electron chi connectivity index (χ3n) is 2.21. The minimum absolute atomic E-state index is 0.111. The summed E-state index contributed by atoms with van der Waals surface area (Å²) in [6.07, 6.45) is 0. The minimum Gasteiger partial charge on any atom is -0.321 e. The molecule has 2 N–H and O–H groups in total. The zero-order valence-electron chi connectivity index (χ0n) is 8.63. The standard InChI is InChI=1S/C11H13F2NO/c1-6(2)10(14)11(15)8-5-7(12)3-4-9(8)13/h3-6,10H,14H2,1-2H3. The van der Waals surface area contributed by atoms with E-state index in [0.717, 1.165) is 18.2 Å². The van der Waals surface area contributed by atoms with Gasteiger partial charge in [0.2, 0.25) is 0 Å². The molecule has 0 amide bonds. The van der Waals surface area contributed by atoms with Gasteiger partial charge in [-0.1, -0.05) is 13.8 Å². The first-order valence-electron chi connectivity index (χ1n) is 4.68. The molecule has 0 heterocycles. The van der Waals surface area contributed by atoms with E-state index in [0.29, 0.717) is 0 Å². The maximum atomic E-state index is 13.2. The number of hydrogen-bond acceptors (Lipinski definition) is 2. The lowest BCUT2D eigenvalue weighted by Gasteiger charge is -2.14. The van der Waals surface area contributed by atoms with Crippen molar-refractivity contribution < 1.29 is 13.6 Å². The lowest BCUT2D eigenvalue weighted by molar-refractivity contribution is 0.0936. The van der Waals surface area contributed by atoms with Gasteiger partial charge < -0.3 is 5.73 Å². The van der Waals surface area contributed by atoms with E-state index in [9.17, 15) is 13.6 Å². The van der Waals surface area contributed by atoms with E-state index in [1.807, 2.05) is 0 Å². The molecule has 1 atom stereocenters. The Morgan fingerprint density at radius 1 is 1.33 bits per heavy atom. The largest absolute Gasteiger partial charge is 0.321 e. The molecule has 0 saturated carbocycles. The molecule has 1 aromatic rings. The maximum Gasteiger partial charge on any atom is 0.182 e. The summed E-state index contributed by atoms with van der Waals surface area (Å²) < 4.78 is 26.0. The summed E-state index contributed by atoms with van der Waals surface area (Å²) in [7, 11) is 0. The van der Waals surface area contributed by atoms with E-state index in [4.69, 9.17) is 5.73 Å². The molecule has 1 aromatic carbocycles. The highest BCUT2D eigenvalue weighted by molar-refractivity contribution is 6.00. The molecule has 4 heteroatoms. The van der Waals surface area contributed by atoms with Gasteiger partial charge in [0.25, 0.3) is 0 Å². The predicted octanol–water partition coefficient (Wildman–Crippen LogP) is 2.13. The Bertz CT molecular complexity index is 377. The highest BCUT2D eigenvalue weighted by Gasteiger charge is 2.22. The van der Waals surface area contributed by atoms with Crippen molar-refractivity contribution in [2.75, 3.05) is 0 Å². The van der Waals surface area contributed by atoms with Crippen molar-refractivity contribution in [2.24, 2.45) is 11.7 Å². The first-order chi connectivity index (χ1) is 6.93. The Morgan fingerprint density at radius 2 is 1.93 bits per heavy atom. The van der Waals surface area contributed by atoms with Crippen molar-refractivity contribution in [3.05, 3.63) is 35.4 Å². The van der Waals surface area contributed by atoms with Gasteiger partial charge >= 0.3 is 0 Å². The molecule has 2 nitrogen and oxygen atoms in total. The Labute approximate surface area is 87.1 Å². The summed E-state index contributed by atoms with van der Waals surface area (Å²) in [5.74, 6) is -2.06. The number of nitrogens with two attached hydrogens (primary N) is 1. The average molecular weight is 213 g/mol. The number of carbonyl (C=O) groups is 1. The zero-order valence-corrected chi connectivity index (χ0v) is 8.63. The molecular formula is C11H13F2NO. The summed E-state index contributed by atoms with van der Waals surface area (Å²) in [5.41, 5.74) is 5.29. The lowest BCUT2D eigenvalue weighted by atomic mass is 9.95. The van der Waals surface area contributed by atoms with Crippen molar-refractivity contribution in [3.63, 3.8) is 0 Å². The molecule has 0 aliphatic heterocycles. The molecule has 0 saturated heterocycles. The second kappa shape index (κ2) is 4.49. The fraction of sp³-hybridized carbons (Fsp3) is 0.364. The quantitative estimate of drug-likeness (QED) is 0.781. The van der Waals surface area contributed by atoms with Crippen LogP contribution >= 0.6 is 0 Å². The minimum atomic E-state index is -0.804. The van der Waals surface area contributed by atoms with Gasteiger partial charge in [0, 0.05) is 0 Å². The van der Waals surface area contributed by atoms with Gasteiger partial charge in [-0.2, -0.15) is 0 Å². The van der Waals surface area contributed by atoms with Gasteiger partial charge in [0.05, 0.1) is 11.6 Å². The van der Waals surface area contributed by atoms with Gasteiger partial charge in [-0.15, -0.1) is 0 Å². The smallest absolute Gasteiger partial charge is 0.182 e. The van der Waals surface area contributed by atoms with Gasteiger partial charge in [0.1, 0.15) is 11.6 Å². The first kappa shape index (κ1) is 11.8. The second-order valence-corrected chi connectivity index (χ2v) is 3.76. The number of rotatable bonds is 3. The Hall–Kier alpha value is -1.29. The van der Waals surface area contributed by atoms with E-state index in [1.54, 1.807) is 13.8 Å². The van der Waals surface area contributed by atoms with Crippen molar-refractivity contribution in [1.82, 2.24) is 0 Å². The number of ketones is 1. The van der Waals surface area contributed by atoms with E-state index in [-0.39, 0.29) is 11.5 Å². The molecule has 1 unspecified atom stereocenters. The molecule has 0 aromatic heterocycles. The number of halogens is 2. The normalized spacial score (nSPS) is 12.9. The summed E-state index contributed by atoms with van der Waals surface area (Å²) >= 11 is 0. The fourth-order valence-electron chi connectivity index (χ4n) is 1.17. The molecule has 82 valence electrons. The summed E-state index contributed by atoms with van der Waals surface area (Å²) in [6, 6.07) is 1.96.